The van der Waals surface area contributed by atoms with Crippen LogP contribution in [0.2, 0.25) is 0 Å². The highest BCUT2D eigenvalue weighted by atomic mass is 16.5. The number of nitrogens with zero attached hydrogens (tertiary/aromatic N) is 3. The van der Waals surface area contributed by atoms with Crippen LogP contribution in [0.5, 0.6) is 5.75 Å². The van der Waals surface area contributed by atoms with Gasteiger partial charge in [-0.3, -0.25) is 4.79 Å². The lowest BCUT2D eigenvalue weighted by Crippen LogP contribution is -2.18. The Labute approximate surface area is 175 Å². The van der Waals surface area contributed by atoms with Crippen LogP contribution in [0.4, 0.5) is 5.95 Å². The molecule has 6 nitrogen and oxygen atoms in total. The smallest absolute Gasteiger partial charge is 0.285 e. The van der Waals surface area contributed by atoms with Gasteiger partial charge in [0.2, 0.25) is 5.95 Å². The van der Waals surface area contributed by atoms with Gasteiger partial charge in [-0.2, -0.15) is 9.67 Å². The summed E-state index contributed by atoms with van der Waals surface area (Å²) in [5.41, 5.74) is 3.48. The maximum Gasteiger partial charge on any atom is 0.285 e. The van der Waals surface area contributed by atoms with Crippen LogP contribution in [-0.2, 0) is 6.54 Å². The van der Waals surface area contributed by atoms with Gasteiger partial charge in [-0.25, -0.2) is 0 Å². The van der Waals surface area contributed by atoms with Crippen LogP contribution in [0.1, 0.15) is 21.5 Å². The highest BCUT2D eigenvalue weighted by molar-refractivity contribution is 5.99. The average molecular weight is 398 g/mol. The van der Waals surface area contributed by atoms with Crippen molar-refractivity contribution in [3.05, 3.63) is 95.6 Å². The van der Waals surface area contributed by atoms with E-state index in [0.29, 0.717) is 29.6 Å². The fourth-order valence-electron chi connectivity index (χ4n) is 3.11. The summed E-state index contributed by atoms with van der Waals surface area (Å²) in [6.45, 7) is 2.54. The third kappa shape index (κ3) is 4.07. The third-order valence-electron chi connectivity index (χ3n) is 4.74. The van der Waals surface area contributed by atoms with Gasteiger partial charge in [0.25, 0.3) is 5.91 Å². The predicted molar refractivity (Wildman–Crippen MR) is 117 cm³/mol. The molecule has 30 heavy (non-hydrogen) atoms. The molecule has 0 atom stereocenters. The van der Waals surface area contributed by atoms with Gasteiger partial charge < -0.3 is 10.1 Å². The van der Waals surface area contributed by atoms with Crippen LogP contribution in [-0.4, -0.2) is 27.8 Å². The minimum atomic E-state index is -0.311. The maximum absolute atomic E-state index is 13.3. The molecule has 4 aromatic rings. The number of rotatable bonds is 6. The van der Waals surface area contributed by atoms with Gasteiger partial charge in [0.1, 0.15) is 5.75 Å². The monoisotopic (exact) mass is 398 g/mol. The molecule has 0 spiro atoms. The zero-order chi connectivity index (χ0) is 20.9. The van der Waals surface area contributed by atoms with Crippen LogP contribution < -0.4 is 10.1 Å². The molecule has 0 unspecified atom stereocenters. The van der Waals surface area contributed by atoms with Gasteiger partial charge in [-0.15, -0.1) is 5.10 Å². The number of hydrogen-bond acceptors (Lipinski definition) is 5. The Morgan fingerprint density at radius 3 is 2.40 bits per heavy atom. The van der Waals surface area contributed by atoms with Crippen molar-refractivity contribution in [2.75, 3.05) is 12.4 Å². The lowest BCUT2D eigenvalue weighted by atomic mass is 10.1. The van der Waals surface area contributed by atoms with E-state index in [4.69, 9.17) is 4.74 Å². The van der Waals surface area contributed by atoms with Gasteiger partial charge in [-0.05, 0) is 24.6 Å². The first-order valence-electron chi connectivity index (χ1n) is 9.65. The number of ether oxygens (including phenoxy) is 1. The first-order valence-corrected chi connectivity index (χ1v) is 9.65. The molecule has 0 bridgehead atoms. The van der Waals surface area contributed by atoms with Crippen molar-refractivity contribution in [3.8, 4) is 17.1 Å². The minimum absolute atomic E-state index is 0.311. The maximum atomic E-state index is 13.3. The van der Waals surface area contributed by atoms with Gasteiger partial charge in [0.15, 0.2) is 5.82 Å². The summed E-state index contributed by atoms with van der Waals surface area (Å²) in [5.74, 6) is 1.04. The molecule has 6 heteroatoms. The highest BCUT2D eigenvalue weighted by Crippen LogP contribution is 2.23. The number of anilines is 1. The molecule has 0 fully saturated rings. The molecule has 1 N–H and O–H groups in total. The first-order chi connectivity index (χ1) is 14.7. The van der Waals surface area contributed by atoms with Crippen molar-refractivity contribution in [1.82, 2.24) is 14.8 Å². The SMILES string of the molecule is COc1ccccc1C(=O)n1nc(-c2ccc(C)cc2)nc1NCc1ccccc1. The van der Waals surface area contributed by atoms with Crippen LogP contribution in [0.25, 0.3) is 11.4 Å². The van der Waals surface area contributed by atoms with Gasteiger partial charge in [0, 0.05) is 12.1 Å². The molecule has 0 amide bonds. The Balaban J connectivity index is 1.72. The quantitative estimate of drug-likeness (QED) is 0.516. The average Bonchev–Trinajstić information content (AvgIpc) is 3.22. The van der Waals surface area contributed by atoms with Crippen LogP contribution in [0.3, 0.4) is 0 Å². The molecule has 0 saturated heterocycles. The number of hydrogen-bond donors (Lipinski definition) is 1. The third-order valence-corrected chi connectivity index (χ3v) is 4.74. The van der Waals surface area contributed by atoms with E-state index in [9.17, 15) is 4.79 Å². The van der Waals surface area contributed by atoms with Crippen molar-refractivity contribution in [2.45, 2.75) is 13.5 Å². The zero-order valence-corrected chi connectivity index (χ0v) is 16.9. The number of aromatic nitrogens is 3. The number of benzene rings is 3. The summed E-state index contributed by atoms with van der Waals surface area (Å²) in [6.07, 6.45) is 0. The number of carbonyl (C=O) groups is 1. The second-order valence-electron chi connectivity index (χ2n) is 6.88. The molecule has 3 aromatic carbocycles. The second kappa shape index (κ2) is 8.61. The Hall–Kier alpha value is -3.93. The topological polar surface area (TPSA) is 69.0 Å². The van der Waals surface area contributed by atoms with Crippen molar-refractivity contribution in [2.24, 2.45) is 0 Å². The van der Waals surface area contributed by atoms with E-state index in [1.807, 2.05) is 67.6 Å². The Kier molecular flexibility index (Phi) is 5.57. The summed E-state index contributed by atoms with van der Waals surface area (Å²) in [6, 6.07) is 24.9. The van der Waals surface area contributed by atoms with E-state index < -0.39 is 0 Å². The van der Waals surface area contributed by atoms with E-state index >= 15 is 0 Å². The first kappa shape index (κ1) is 19.4. The molecular formula is C24H22N4O2. The van der Waals surface area contributed by atoms with Crippen LogP contribution in [0, 0.1) is 6.92 Å². The van der Waals surface area contributed by atoms with E-state index in [-0.39, 0.29) is 5.91 Å². The highest BCUT2D eigenvalue weighted by Gasteiger charge is 2.21. The minimum Gasteiger partial charge on any atom is -0.496 e. The van der Waals surface area contributed by atoms with Gasteiger partial charge in [-0.1, -0.05) is 72.3 Å². The van der Waals surface area contributed by atoms with Gasteiger partial charge >= 0.3 is 0 Å². The van der Waals surface area contributed by atoms with E-state index in [1.54, 1.807) is 25.3 Å². The lowest BCUT2D eigenvalue weighted by Gasteiger charge is -2.09. The Morgan fingerprint density at radius 1 is 0.967 bits per heavy atom. The molecule has 1 aromatic heterocycles. The molecule has 0 saturated carbocycles. The molecule has 4 rings (SSSR count). The molecule has 0 radical (unpaired) electrons. The lowest BCUT2D eigenvalue weighted by molar-refractivity contribution is 0.0944. The summed E-state index contributed by atoms with van der Waals surface area (Å²) >= 11 is 0. The Bertz CT molecular complexity index is 1150. The standard InChI is InChI=1S/C24H22N4O2/c1-17-12-14-19(15-13-17)22-26-24(25-16-18-8-4-3-5-9-18)28(27-22)23(29)20-10-6-7-11-21(20)30-2/h3-15H,16H2,1-2H3,(H,25,26,27). The van der Waals surface area contributed by atoms with Crippen molar-refractivity contribution in [3.63, 3.8) is 0 Å². The number of para-hydroxylation sites is 1. The molecular weight excluding hydrogens is 376 g/mol. The molecule has 0 aliphatic heterocycles. The van der Waals surface area contributed by atoms with Crippen molar-refractivity contribution >= 4 is 11.9 Å². The van der Waals surface area contributed by atoms with Crippen LogP contribution >= 0.6 is 0 Å². The van der Waals surface area contributed by atoms with E-state index in [1.165, 1.54) is 4.68 Å². The summed E-state index contributed by atoms with van der Waals surface area (Å²) in [5, 5.41) is 7.76. The van der Waals surface area contributed by atoms with E-state index in [2.05, 4.69) is 15.4 Å². The predicted octanol–water partition coefficient (Wildman–Crippen LogP) is 4.56. The Morgan fingerprint density at radius 2 is 1.67 bits per heavy atom. The van der Waals surface area contributed by atoms with Crippen molar-refractivity contribution in [1.29, 1.82) is 0 Å². The van der Waals surface area contributed by atoms with Gasteiger partial charge in [0.05, 0.1) is 12.7 Å². The molecule has 0 aliphatic rings. The fraction of sp³-hybridized carbons (Fsp3) is 0.125. The number of carbonyl (C=O) groups excluding carboxylic acids is 1. The number of aryl methyl sites for hydroxylation is 1. The largest absolute Gasteiger partial charge is 0.496 e. The second-order valence-corrected chi connectivity index (χ2v) is 6.88. The van der Waals surface area contributed by atoms with Crippen molar-refractivity contribution < 1.29 is 9.53 Å². The number of nitrogens with one attached hydrogen (secondary N) is 1. The van der Waals surface area contributed by atoms with E-state index in [0.717, 1.165) is 16.7 Å². The molecule has 0 aliphatic carbocycles. The summed E-state index contributed by atoms with van der Waals surface area (Å²) in [7, 11) is 1.54. The summed E-state index contributed by atoms with van der Waals surface area (Å²) in [4.78, 5) is 17.9. The molecule has 1 heterocycles. The molecule has 150 valence electrons. The summed E-state index contributed by atoms with van der Waals surface area (Å²) < 4.78 is 6.66. The normalized spacial score (nSPS) is 10.6. The zero-order valence-electron chi connectivity index (χ0n) is 16.9. The van der Waals surface area contributed by atoms with Crippen LogP contribution in [0.15, 0.2) is 78.9 Å². The fourth-order valence-corrected chi connectivity index (χ4v) is 3.11. The number of methoxy groups -OCH3 is 1.